The Bertz CT molecular complexity index is 735. The molecule has 27 heavy (non-hydrogen) atoms. The van der Waals surface area contributed by atoms with Crippen molar-refractivity contribution < 1.29 is 19.1 Å². The first-order valence-corrected chi connectivity index (χ1v) is 9.17. The van der Waals surface area contributed by atoms with Gasteiger partial charge in [-0.2, -0.15) is 0 Å². The molecule has 0 bridgehead atoms. The smallest absolute Gasteiger partial charge is 0.336 e. The maximum absolute atomic E-state index is 12.1. The summed E-state index contributed by atoms with van der Waals surface area (Å²) < 4.78 is 10.5. The third-order valence-electron chi connectivity index (χ3n) is 4.02. The summed E-state index contributed by atoms with van der Waals surface area (Å²) in [5, 5.41) is 0. The van der Waals surface area contributed by atoms with Crippen molar-refractivity contribution in [1.29, 1.82) is 0 Å². The van der Waals surface area contributed by atoms with Gasteiger partial charge in [0, 0.05) is 11.6 Å². The van der Waals surface area contributed by atoms with Crippen LogP contribution in [0.25, 0.3) is 0 Å². The van der Waals surface area contributed by atoms with Crippen molar-refractivity contribution in [3.63, 3.8) is 0 Å². The number of hydrogen-bond acceptors (Lipinski definition) is 4. The topological polar surface area (TPSA) is 52.6 Å². The van der Waals surface area contributed by atoms with Crippen molar-refractivity contribution in [3.8, 4) is 11.5 Å². The molecule has 0 saturated heterocycles. The van der Waals surface area contributed by atoms with E-state index in [4.69, 9.17) is 9.47 Å². The number of rotatable bonds is 10. The number of methoxy groups -OCH3 is 1. The van der Waals surface area contributed by atoms with Gasteiger partial charge in [0.05, 0.1) is 7.11 Å². The minimum Gasteiger partial charge on any atom is -0.493 e. The Morgan fingerprint density at radius 3 is 2.26 bits per heavy atom. The van der Waals surface area contributed by atoms with Crippen molar-refractivity contribution in [2.75, 3.05) is 7.11 Å². The molecule has 0 radical (unpaired) electrons. The van der Waals surface area contributed by atoms with Crippen LogP contribution in [0.1, 0.15) is 63.7 Å². The zero-order chi connectivity index (χ0) is 20.2. The maximum atomic E-state index is 12.1. The lowest BCUT2D eigenvalue weighted by molar-refractivity contribution is -0.129. The van der Waals surface area contributed by atoms with Gasteiger partial charge in [-0.15, -0.1) is 0 Å². The van der Waals surface area contributed by atoms with Crippen LogP contribution in [0.15, 0.2) is 53.1 Å². The number of aldehydes is 1. The maximum Gasteiger partial charge on any atom is 0.336 e. The highest BCUT2D eigenvalue weighted by Crippen LogP contribution is 2.27. The molecule has 0 aliphatic heterocycles. The van der Waals surface area contributed by atoms with Crippen LogP contribution in [-0.2, 0) is 4.79 Å². The van der Waals surface area contributed by atoms with E-state index in [1.54, 1.807) is 12.1 Å². The predicted octanol–water partition coefficient (Wildman–Crippen LogP) is 5.83. The molecule has 0 unspecified atom stereocenters. The van der Waals surface area contributed by atoms with Crippen molar-refractivity contribution in [3.05, 3.63) is 58.7 Å². The molecule has 0 heterocycles. The average molecular weight is 370 g/mol. The monoisotopic (exact) mass is 370 g/mol. The van der Waals surface area contributed by atoms with Crippen LogP contribution >= 0.6 is 0 Å². The van der Waals surface area contributed by atoms with Crippen LogP contribution in [0.2, 0.25) is 0 Å². The summed E-state index contributed by atoms with van der Waals surface area (Å²) in [4.78, 5) is 22.9. The van der Waals surface area contributed by atoms with E-state index in [0.717, 1.165) is 31.3 Å². The van der Waals surface area contributed by atoms with E-state index in [9.17, 15) is 9.59 Å². The number of esters is 1. The molecule has 0 aliphatic carbocycles. The van der Waals surface area contributed by atoms with Crippen LogP contribution in [0, 0.1) is 0 Å². The van der Waals surface area contributed by atoms with Crippen molar-refractivity contribution in [2.24, 2.45) is 0 Å². The first-order chi connectivity index (χ1) is 12.8. The number of hydrogen-bond donors (Lipinski definition) is 0. The average Bonchev–Trinajstić information content (AvgIpc) is 2.61. The Labute approximate surface area is 162 Å². The van der Waals surface area contributed by atoms with Crippen molar-refractivity contribution in [2.45, 2.75) is 53.4 Å². The number of carbonyl (C=O) groups excluding carboxylic acids is 2. The van der Waals surface area contributed by atoms with Gasteiger partial charge in [-0.25, -0.2) is 4.79 Å². The first-order valence-electron chi connectivity index (χ1n) is 9.17. The molecule has 1 aromatic carbocycles. The Balaban J connectivity index is 2.56. The normalized spacial score (nSPS) is 11.7. The van der Waals surface area contributed by atoms with Crippen LogP contribution in [0.3, 0.4) is 0 Å². The van der Waals surface area contributed by atoms with Crippen molar-refractivity contribution in [1.82, 2.24) is 0 Å². The molecular weight excluding hydrogens is 340 g/mol. The minimum absolute atomic E-state index is 0.298. The second kappa shape index (κ2) is 11.9. The van der Waals surface area contributed by atoms with Crippen LogP contribution in [0.4, 0.5) is 0 Å². The molecule has 0 atom stereocenters. The largest absolute Gasteiger partial charge is 0.493 e. The summed E-state index contributed by atoms with van der Waals surface area (Å²) in [5.74, 6) is 0.204. The van der Waals surface area contributed by atoms with Crippen LogP contribution < -0.4 is 9.47 Å². The summed E-state index contributed by atoms with van der Waals surface area (Å²) in [6, 6.07) is 4.68. The van der Waals surface area contributed by atoms with Gasteiger partial charge in [-0.1, -0.05) is 28.9 Å². The van der Waals surface area contributed by atoms with Crippen LogP contribution in [0.5, 0.6) is 11.5 Å². The third kappa shape index (κ3) is 9.04. The summed E-state index contributed by atoms with van der Waals surface area (Å²) in [6.45, 7) is 8.28. The lowest BCUT2D eigenvalue weighted by Gasteiger charge is -2.08. The first kappa shape index (κ1) is 22.4. The number of carbonyl (C=O) groups is 2. The van der Waals surface area contributed by atoms with Gasteiger partial charge in [0.1, 0.15) is 6.29 Å². The van der Waals surface area contributed by atoms with E-state index in [-0.39, 0.29) is 0 Å². The molecule has 4 heteroatoms. The fourth-order valence-corrected chi connectivity index (χ4v) is 2.49. The SMILES string of the molecule is COc1cc(C=O)ccc1OC(=O)/C=C(\C)CC/C=C(\C)CCC=C(C)C. The Morgan fingerprint density at radius 2 is 1.63 bits per heavy atom. The minimum atomic E-state index is -0.450. The van der Waals surface area contributed by atoms with E-state index in [2.05, 4.69) is 32.9 Å². The molecule has 0 aliphatic rings. The predicted molar refractivity (Wildman–Crippen MR) is 109 cm³/mol. The fraction of sp³-hybridized carbons (Fsp3) is 0.391. The molecule has 0 fully saturated rings. The number of ether oxygens (including phenoxy) is 2. The van der Waals surface area contributed by atoms with Gasteiger partial charge < -0.3 is 9.47 Å². The van der Waals surface area contributed by atoms with Gasteiger partial charge >= 0.3 is 5.97 Å². The Kier molecular flexibility index (Phi) is 9.88. The summed E-state index contributed by atoms with van der Waals surface area (Å²) in [7, 11) is 1.47. The summed E-state index contributed by atoms with van der Waals surface area (Å²) in [6.07, 6.45) is 10.5. The number of allylic oxidation sites excluding steroid dienone is 5. The molecule has 0 amide bonds. The second-order valence-corrected chi connectivity index (χ2v) is 6.85. The van der Waals surface area contributed by atoms with E-state index in [1.807, 2.05) is 6.92 Å². The zero-order valence-electron chi connectivity index (χ0n) is 17.0. The van der Waals surface area contributed by atoms with Gasteiger partial charge in [0.15, 0.2) is 11.5 Å². The van der Waals surface area contributed by atoms with Crippen molar-refractivity contribution >= 4 is 12.3 Å². The molecule has 1 aromatic rings. The molecule has 0 aromatic heterocycles. The van der Waals surface area contributed by atoms with Crippen LogP contribution in [-0.4, -0.2) is 19.4 Å². The van der Waals surface area contributed by atoms with Gasteiger partial charge in [0.25, 0.3) is 0 Å². The number of benzene rings is 1. The lowest BCUT2D eigenvalue weighted by atomic mass is 10.1. The Morgan fingerprint density at radius 1 is 0.963 bits per heavy atom. The van der Waals surface area contributed by atoms with E-state index in [0.29, 0.717) is 23.3 Å². The van der Waals surface area contributed by atoms with E-state index >= 15 is 0 Å². The lowest BCUT2D eigenvalue weighted by Crippen LogP contribution is -2.06. The third-order valence-corrected chi connectivity index (χ3v) is 4.02. The second-order valence-electron chi connectivity index (χ2n) is 6.85. The fourth-order valence-electron chi connectivity index (χ4n) is 2.49. The van der Waals surface area contributed by atoms with E-state index in [1.165, 1.54) is 30.4 Å². The van der Waals surface area contributed by atoms with Gasteiger partial charge in [-0.3, -0.25) is 4.79 Å². The molecular formula is C23H30O4. The van der Waals surface area contributed by atoms with Gasteiger partial charge in [0.2, 0.25) is 0 Å². The van der Waals surface area contributed by atoms with E-state index < -0.39 is 5.97 Å². The summed E-state index contributed by atoms with van der Waals surface area (Å²) >= 11 is 0. The molecule has 1 rings (SSSR count). The van der Waals surface area contributed by atoms with Gasteiger partial charge in [-0.05, 0) is 71.6 Å². The standard InChI is InChI=1S/C23H30O4/c1-17(2)8-6-9-18(3)10-7-11-19(4)14-23(25)27-21-13-12-20(16-24)15-22(21)26-5/h8,10,12-16H,6-7,9,11H2,1-5H3/b18-10+,19-14+. The highest BCUT2D eigenvalue weighted by Gasteiger charge is 2.09. The quantitative estimate of drug-likeness (QED) is 0.171. The highest BCUT2D eigenvalue weighted by atomic mass is 16.6. The molecule has 146 valence electrons. The molecule has 0 saturated carbocycles. The molecule has 0 spiro atoms. The Hall–Kier alpha value is -2.62. The zero-order valence-corrected chi connectivity index (χ0v) is 17.0. The molecule has 0 N–H and O–H groups in total. The highest BCUT2D eigenvalue weighted by molar-refractivity contribution is 5.85. The molecule has 4 nitrogen and oxygen atoms in total. The summed E-state index contributed by atoms with van der Waals surface area (Å²) in [5.41, 5.74) is 4.13.